The summed E-state index contributed by atoms with van der Waals surface area (Å²) in [5, 5.41) is 0. The van der Waals surface area contributed by atoms with Gasteiger partial charge in [0.05, 0.1) is 46.4 Å². The Kier molecular flexibility index (Phi) is 16.2. The summed E-state index contributed by atoms with van der Waals surface area (Å²) in [6, 6.07) is 143. The third-order valence-corrected chi connectivity index (χ3v) is 24.4. The maximum atomic E-state index is 7.70. The molecule has 0 radical (unpaired) electrons. The molecule has 4 aliphatic heterocycles. The first-order chi connectivity index (χ1) is 54.6. The summed E-state index contributed by atoms with van der Waals surface area (Å²) in [6.07, 6.45) is 8.51. The Bertz CT molecular complexity index is 6090. The van der Waals surface area contributed by atoms with Crippen LogP contribution in [0.25, 0.3) is 66.8 Å². The topological polar surface area (TPSA) is 22.2 Å². The van der Waals surface area contributed by atoms with E-state index in [4.69, 9.17) is 4.74 Å². The Morgan fingerprint density at radius 3 is 1.39 bits per heavy atom. The van der Waals surface area contributed by atoms with Crippen LogP contribution in [-0.4, -0.2) is 12.1 Å². The van der Waals surface area contributed by atoms with Crippen LogP contribution in [-0.2, 0) is 0 Å². The van der Waals surface area contributed by atoms with E-state index in [0.717, 1.165) is 96.7 Å². The summed E-state index contributed by atoms with van der Waals surface area (Å²) in [4.78, 5) is 13.1. The lowest BCUT2D eigenvalue weighted by Gasteiger charge is -2.57. The van der Waals surface area contributed by atoms with E-state index in [-0.39, 0.29) is 29.8 Å². The zero-order valence-corrected chi connectivity index (χ0v) is 61.2. The van der Waals surface area contributed by atoms with Gasteiger partial charge in [-0.15, -0.1) is 0 Å². The van der Waals surface area contributed by atoms with Crippen LogP contribution < -0.4 is 24.3 Å². The van der Waals surface area contributed by atoms with Crippen molar-refractivity contribution in [2.75, 3.05) is 19.6 Å². The number of hydrogen-bond donors (Lipinski definition) is 0. The van der Waals surface area contributed by atoms with Crippen molar-refractivity contribution in [1.82, 2.24) is 0 Å². The molecule has 0 N–H and O–H groups in total. The van der Waals surface area contributed by atoms with Gasteiger partial charge < -0.3 is 24.3 Å². The zero-order chi connectivity index (χ0) is 72.6. The number of rotatable bonds is 14. The average Bonchev–Trinajstić information content (AvgIpc) is 0.687. The number of para-hydroxylation sites is 6. The Morgan fingerprint density at radius 2 is 0.818 bits per heavy atom. The van der Waals surface area contributed by atoms with Gasteiger partial charge in [0.25, 0.3) is 0 Å². The molecule has 1 saturated heterocycles. The Morgan fingerprint density at radius 1 is 0.364 bits per heavy atom. The van der Waals surface area contributed by atoms with E-state index in [1.54, 1.807) is 0 Å². The van der Waals surface area contributed by atoms with Crippen molar-refractivity contribution in [3.05, 3.63) is 451 Å². The molecule has 15 aromatic carbocycles. The van der Waals surface area contributed by atoms with Gasteiger partial charge in [0.15, 0.2) is 0 Å². The number of anilines is 9. The van der Waals surface area contributed by atoms with Crippen LogP contribution in [0.3, 0.4) is 0 Å². The van der Waals surface area contributed by atoms with Gasteiger partial charge in [-0.25, -0.2) is 0 Å². The molecule has 110 heavy (non-hydrogen) atoms. The molecule has 1 fully saturated rings. The van der Waals surface area contributed by atoms with E-state index in [1.165, 1.54) is 82.5 Å². The second kappa shape index (κ2) is 27.4. The number of benzene rings is 15. The van der Waals surface area contributed by atoms with Crippen LogP contribution in [0.2, 0.25) is 0 Å². The molecule has 0 aromatic heterocycles. The van der Waals surface area contributed by atoms with E-state index >= 15 is 0 Å². The Hall–Kier alpha value is -13.4. The van der Waals surface area contributed by atoms with Gasteiger partial charge in [0, 0.05) is 91.1 Å². The lowest BCUT2D eigenvalue weighted by atomic mass is 9.63. The summed E-state index contributed by atoms with van der Waals surface area (Å²) in [7, 11) is 0. The first kappa shape index (κ1) is 64.9. The summed E-state index contributed by atoms with van der Waals surface area (Å²) < 4.78 is 7.70. The minimum absolute atomic E-state index is 0.0667. The molecule has 4 heterocycles. The molecule has 0 amide bonds. The van der Waals surface area contributed by atoms with Gasteiger partial charge in [-0.1, -0.05) is 333 Å². The fourth-order valence-corrected chi connectivity index (χ4v) is 19.7. The van der Waals surface area contributed by atoms with Crippen molar-refractivity contribution in [3.63, 3.8) is 0 Å². The number of hydrogen-bond acceptors (Lipinski definition) is 6. The molecular formula is C104H74N4OS. The lowest BCUT2D eigenvalue weighted by Crippen LogP contribution is -2.58. The summed E-state index contributed by atoms with van der Waals surface area (Å²) >= 11 is 1.99. The van der Waals surface area contributed by atoms with Crippen molar-refractivity contribution in [3.8, 4) is 72.5 Å². The number of ether oxygens (including phenoxy) is 1. The third kappa shape index (κ3) is 11.2. The van der Waals surface area contributed by atoms with Gasteiger partial charge >= 0.3 is 0 Å². The van der Waals surface area contributed by atoms with Crippen molar-refractivity contribution in [2.24, 2.45) is 5.92 Å². The first-order valence-corrected chi connectivity index (χ1v) is 39.1. The predicted molar refractivity (Wildman–Crippen MR) is 457 cm³/mol. The molecule has 0 saturated carbocycles. The third-order valence-electron chi connectivity index (χ3n) is 23.2. The van der Waals surface area contributed by atoms with Crippen LogP contribution in [0, 0.1) is 5.92 Å². The molecule has 6 heteroatoms. The number of fused-ring (bicyclic) bond motifs is 7. The fraction of sp³-hybridized carbons (Fsp3) is 0.0577. The molecule has 21 rings (SSSR count). The lowest BCUT2D eigenvalue weighted by molar-refractivity contribution is 0.239. The second-order valence-electron chi connectivity index (χ2n) is 29.3. The molecule has 5 atom stereocenters. The second-order valence-corrected chi connectivity index (χ2v) is 30.4. The highest BCUT2D eigenvalue weighted by Crippen LogP contribution is 2.66. The standard InChI is InChI=1S/C104H74N4OS/c1-8-31-69(32-9-1)71-55-59-78(60-56-71)105(90-51-26-22-45-82(90)73-35-12-3-13-36-73)80-63-94-102-97(65-80)109-96-54-29-25-48-87(96)101(102)88-67-89-98(68-93(88)108(94)104-84(75-39-16-5-17-40-75)49-30-50-85(104)76-41-18-6-19-42-76)110-99-66-81(64-95-103(99)100(89)86-47-24-28-53-92(86)107(95)77-43-20-7-21-44-77)106(79-61-57-72(58-62-79)70-33-10-2-11-34-70)91-52-27-23-46-83(91)74-37-14-4-15-38-74/h1-67,93-94,100-102H,68H2. The van der Waals surface area contributed by atoms with Gasteiger partial charge in [-0.05, 0) is 145 Å². The molecule has 2 aliphatic carbocycles. The van der Waals surface area contributed by atoms with Crippen LogP contribution in [0.5, 0.6) is 5.75 Å². The predicted octanol–water partition coefficient (Wildman–Crippen LogP) is 27.4. The summed E-state index contributed by atoms with van der Waals surface area (Å²) in [6.45, 7) is 0. The Labute approximate surface area is 647 Å². The molecule has 5 nitrogen and oxygen atoms in total. The van der Waals surface area contributed by atoms with E-state index in [2.05, 4.69) is 426 Å². The van der Waals surface area contributed by atoms with E-state index in [0.29, 0.717) is 0 Å². The zero-order valence-electron chi connectivity index (χ0n) is 60.4. The maximum absolute atomic E-state index is 7.70. The van der Waals surface area contributed by atoms with E-state index < -0.39 is 0 Å². The van der Waals surface area contributed by atoms with Crippen molar-refractivity contribution in [1.29, 1.82) is 0 Å². The molecule has 15 aromatic rings. The van der Waals surface area contributed by atoms with E-state index in [1.807, 2.05) is 11.8 Å². The first-order valence-electron chi connectivity index (χ1n) is 38.3. The highest BCUT2D eigenvalue weighted by molar-refractivity contribution is 8.03. The largest absolute Gasteiger partial charge is 0.461 e. The molecule has 522 valence electrons. The van der Waals surface area contributed by atoms with E-state index in [9.17, 15) is 0 Å². The SMILES string of the molecule is C1=C2Oc3ccccc3C3C4=CC5=C(CC4N(c4c(-c6ccccc6)cccc4-c4ccccc4)C(C=C1N(c1ccc(-c4ccccc4)cc1)c1ccccc1-c1ccccc1)C23)Sc1cc(N(c2ccc(-c3ccccc3)cc2)c2ccccc2-c2ccccc2)cc2c1C5c1ccccc1N2c1ccccc1. The van der Waals surface area contributed by atoms with Gasteiger partial charge in [-0.2, -0.15) is 0 Å². The average molecular weight is 1430 g/mol. The van der Waals surface area contributed by atoms with Crippen LogP contribution in [0.1, 0.15) is 34.9 Å². The van der Waals surface area contributed by atoms with Crippen LogP contribution in [0.4, 0.5) is 51.2 Å². The fourth-order valence-electron chi connectivity index (χ4n) is 18.4. The highest BCUT2D eigenvalue weighted by Gasteiger charge is 2.55. The molecular weight excluding hydrogens is 1350 g/mol. The monoisotopic (exact) mass is 1430 g/mol. The highest BCUT2D eigenvalue weighted by atomic mass is 32.2. The van der Waals surface area contributed by atoms with Gasteiger partial charge in [0.1, 0.15) is 11.5 Å². The maximum Gasteiger partial charge on any atom is 0.130 e. The van der Waals surface area contributed by atoms with Crippen molar-refractivity contribution < 1.29 is 4.74 Å². The minimum atomic E-state index is -0.254. The number of allylic oxidation sites excluding steroid dienone is 3. The summed E-state index contributed by atoms with van der Waals surface area (Å²) in [5.41, 5.74) is 31.6. The van der Waals surface area contributed by atoms with Crippen molar-refractivity contribution >= 4 is 62.9 Å². The number of thioether (sulfide) groups is 1. The molecule has 0 spiro atoms. The normalized spacial score (nSPS) is 17.5. The summed E-state index contributed by atoms with van der Waals surface area (Å²) in [5.74, 6) is 1.52. The number of piperidine rings is 1. The van der Waals surface area contributed by atoms with Crippen LogP contribution >= 0.6 is 11.8 Å². The van der Waals surface area contributed by atoms with Gasteiger partial charge in [-0.3, -0.25) is 0 Å². The number of nitrogens with zero attached hydrogens (tertiary/aromatic N) is 4. The molecule has 6 aliphatic rings. The minimum Gasteiger partial charge on any atom is -0.461 e. The quantitative estimate of drug-likeness (QED) is 0.107. The molecule has 5 unspecified atom stereocenters. The smallest absolute Gasteiger partial charge is 0.130 e. The van der Waals surface area contributed by atoms with Crippen LogP contribution in [0.15, 0.2) is 439 Å². The van der Waals surface area contributed by atoms with Gasteiger partial charge in [0.2, 0.25) is 0 Å². The molecule has 0 bridgehead atoms. The Balaban J connectivity index is 0.812. The van der Waals surface area contributed by atoms with Crippen molar-refractivity contribution in [2.45, 2.75) is 35.2 Å².